The van der Waals surface area contributed by atoms with Gasteiger partial charge in [0.2, 0.25) is 11.8 Å². The zero-order valence-corrected chi connectivity index (χ0v) is 16.0. The molecule has 1 aromatic carbocycles. The molecule has 144 valence electrons. The van der Waals surface area contributed by atoms with E-state index in [2.05, 4.69) is 10.6 Å². The van der Waals surface area contributed by atoms with Crippen molar-refractivity contribution in [3.8, 4) is 5.75 Å². The van der Waals surface area contributed by atoms with Crippen LogP contribution < -0.4 is 15.4 Å². The molecule has 1 unspecified atom stereocenters. The summed E-state index contributed by atoms with van der Waals surface area (Å²) in [6.45, 7) is 2.81. The summed E-state index contributed by atoms with van der Waals surface area (Å²) in [6, 6.07) is 7.68. The summed E-state index contributed by atoms with van der Waals surface area (Å²) in [6.07, 6.45) is 3.49. The van der Waals surface area contributed by atoms with Crippen LogP contribution in [0.3, 0.4) is 0 Å². The van der Waals surface area contributed by atoms with Crippen molar-refractivity contribution in [2.24, 2.45) is 5.92 Å². The fourth-order valence-electron chi connectivity index (χ4n) is 3.55. The average molecular weight is 382 g/mol. The molecule has 2 saturated heterocycles. The number of rotatable bonds is 5. The molecule has 2 fully saturated rings. The van der Waals surface area contributed by atoms with E-state index in [0.717, 1.165) is 43.5 Å². The number of methoxy groups -OCH3 is 1. The van der Waals surface area contributed by atoms with Crippen LogP contribution in [-0.4, -0.2) is 49.5 Å². The molecule has 2 aliphatic rings. The molecule has 7 heteroatoms. The maximum absolute atomic E-state index is 12.4. The van der Waals surface area contributed by atoms with Crippen molar-refractivity contribution in [3.05, 3.63) is 29.8 Å². The van der Waals surface area contributed by atoms with Crippen LogP contribution in [0.25, 0.3) is 0 Å². The summed E-state index contributed by atoms with van der Waals surface area (Å²) in [5.74, 6) is 1.10. The molecule has 2 aliphatic heterocycles. The summed E-state index contributed by atoms with van der Waals surface area (Å²) in [7, 11) is 1.64. The summed E-state index contributed by atoms with van der Waals surface area (Å²) in [5.41, 5.74) is 1.05. The molecular weight excluding hydrogens is 354 g/mol. The number of likely N-dealkylation sites (tertiary alicyclic amines) is 1. The van der Waals surface area contributed by atoms with Gasteiger partial charge in [-0.05, 0) is 49.9 Å². The molecule has 26 heavy (non-hydrogen) atoms. The van der Waals surface area contributed by atoms with E-state index in [9.17, 15) is 9.59 Å². The summed E-state index contributed by atoms with van der Waals surface area (Å²) in [5, 5.41) is 6.26. The number of piperidine rings is 1. The number of nitrogens with zero attached hydrogens (tertiary/aromatic N) is 1. The van der Waals surface area contributed by atoms with Crippen molar-refractivity contribution in [2.45, 2.75) is 38.3 Å². The molecule has 1 aromatic rings. The van der Waals surface area contributed by atoms with Gasteiger partial charge in [-0.25, -0.2) is 0 Å². The van der Waals surface area contributed by atoms with E-state index in [0.29, 0.717) is 19.6 Å². The molecule has 2 amide bonds. The fraction of sp³-hybridized carbons (Fsp3) is 0.579. The number of hydrogen-bond donors (Lipinski definition) is 2. The predicted molar refractivity (Wildman–Crippen MR) is 102 cm³/mol. The van der Waals surface area contributed by atoms with Crippen LogP contribution in [0.1, 0.15) is 31.2 Å². The highest BCUT2D eigenvalue weighted by Gasteiger charge is 2.31. The summed E-state index contributed by atoms with van der Waals surface area (Å²) in [4.78, 5) is 26.7. The molecule has 0 saturated carbocycles. The van der Waals surface area contributed by atoms with Crippen molar-refractivity contribution >= 4 is 24.2 Å². The zero-order chi connectivity index (χ0) is 17.6. The number of carbonyl (C=O) groups excluding carboxylic acids is 2. The maximum atomic E-state index is 12.4. The largest absolute Gasteiger partial charge is 0.497 e. The first-order chi connectivity index (χ1) is 12.2. The van der Waals surface area contributed by atoms with Gasteiger partial charge < -0.3 is 20.3 Å². The van der Waals surface area contributed by atoms with Gasteiger partial charge in [0.25, 0.3) is 0 Å². The number of ether oxygens (including phenoxy) is 1. The monoisotopic (exact) mass is 381 g/mol. The van der Waals surface area contributed by atoms with Gasteiger partial charge in [0.05, 0.1) is 13.2 Å². The van der Waals surface area contributed by atoms with Crippen molar-refractivity contribution in [3.63, 3.8) is 0 Å². The smallest absolute Gasteiger partial charge is 0.239 e. The number of halogens is 1. The van der Waals surface area contributed by atoms with Crippen LogP contribution in [0.5, 0.6) is 5.75 Å². The second-order valence-corrected chi connectivity index (χ2v) is 6.81. The van der Waals surface area contributed by atoms with Gasteiger partial charge in [-0.3, -0.25) is 9.59 Å². The predicted octanol–water partition coefficient (Wildman–Crippen LogP) is 1.72. The topological polar surface area (TPSA) is 70.7 Å². The van der Waals surface area contributed by atoms with Crippen LogP contribution in [-0.2, 0) is 16.1 Å². The Morgan fingerprint density at radius 1 is 1.19 bits per heavy atom. The van der Waals surface area contributed by atoms with Crippen LogP contribution in [0, 0.1) is 5.92 Å². The van der Waals surface area contributed by atoms with E-state index < -0.39 is 0 Å². The molecule has 3 rings (SSSR count). The van der Waals surface area contributed by atoms with E-state index in [4.69, 9.17) is 4.74 Å². The van der Waals surface area contributed by atoms with Crippen molar-refractivity contribution in [2.75, 3.05) is 26.7 Å². The van der Waals surface area contributed by atoms with Gasteiger partial charge in [-0.15, -0.1) is 12.4 Å². The Labute approximate surface area is 161 Å². The minimum atomic E-state index is -0.0135. The molecule has 1 atom stereocenters. The molecule has 0 bridgehead atoms. The normalized spacial score (nSPS) is 20.3. The van der Waals surface area contributed by atoms with E-state index in [1.165, 1.54) is 0 Å². The first-order valence-electron chi connectivity index (χ1n) is 9.10. The second-order valence-electron chi connectivity index (χ2n) is 6.81. The van der Waals surface area contributed by atoms with E-state index in [1.807, 2.05) is 29.2 Å². The van der Waals surface area contributed by atoms with Crippen molar-refractivity contribution in [1.29, 1.82) is 0 Å². The number of nitrogens with one attached hydrogen (secondary N) is 2. The Hall–Kier alpha value is -1.79. The SMILES string of the molecule is COc1ccc(CNC(=O)C2CCN(C(=O)C3CCCN3)CC2)cc1.Cl. The molecule has 2 N–H and O–H groups in total. The van der Waals surface area contributed by atoms with E-state index in [-0.39, 0.29) is 36.2 Å². The third-order valence-corrected chi connectivity index (χ3v) is 5.16. The molecule has 0 spiro atoms. The van der Waals surface area contributed by atoms with Gasteiger partial charge in [-0.2, -0.15) is 0 Å². The van der Waals surface area contributed by atoms with Crippen molar-refractivity contribution < 1.29 is 14.3 Å². The summed E-state index contributed by atoms with van der Waals surface area (Å²) >= 11 is 0. The Morgan fingerprint density at radius 2 is 1.88 bits per heavy atom. The lowest BCUT2D eigenvalue weighted by Crippen LogP contribution is -2.48. The standard InChI is InChI=1S/C19H27N3O3.ClH/c1-25-16-6-4-14(5-7-16)13-21-18(23)15-8-11-22(12-9-15)19(24)17-3-2-10-20-17;/h4-7,15,17,20H,2-3,8-13H2,1H3,(H,21,23);1H. The lowest BCUT2D eigenvalue weighted by molar-refractivity contribution is -0.137. The summed E-state index contributed by atoms with van der Waals surface area (Å²) < 4.78 is 5.13. The van der Waals surface area contributed by atoms with Crippen LogP contribution in [0.2, 0.25) is 0 Å². The first-order valence-corrected chi connectivity index (χ1v) is 9.10. The Morgan fingerprint density at radius 3 is 2.46 bits per heavy atom. The van der Waals surface area contributed by atoms with Crippen LogP contribution in [0.4, 0.5) is 0 Å². The highest BCUT2D eigenvalue weighted by molar-refractivity contribution is 5.85. The van der Waals surface area contributed by atoms with Gasteiger partial charge in [0, 0.05) is 25.6 Å². The first kappa shape index (κ1) is 20.5. The Balaban J connectivity index is 0.00000243. The molecule has 2 heterocycles. The highest BCUT2D eigenvalue weighted by Crippen LogP contribution is 2.20. The van der Waals surface area contributed by atoms with Gasteiger partial charge in [0.1, 0.15) is 5.75 Å². The minimum Gasteiger partial charge on any atom is -0.497 e. The van der Waals surface area contributed by atoms with E-state index >= 15 is 0 Å². The Kier molecular flexibility index (Phi) is 7.72. The highest BCUT2D eigenvalue weighted by atomic mass is 35.5. The number of carbonyl (C=O) groups is 2. The average Bonchev–Trinajstić information content (AvgIpc) is 3.21. The minimum absolute atomic E-state index is 0. The molecule has 0 aromatic heterocycles. The molecule has 0 radical (unpaired) electrons. The van der Waals surface area contributed by atoms with Crippen LogP contribution >= 0.6 is 12.4 Å². The lowest BCUT2D eigenvalue weighted by atomic mass is 9.95. The maximum Gasteiger partial charge on any atom is 0.239 e. The van der Waals surface area contributed by atoms with Gasteiger partial charge in [-0.1, -0.05) is 12.1 Å². The molecule has 0 aliphatic carbocycles. The number of hydrogen-bond acceptors (Lipinski definition) is 4. The third kappa shape index (κ3) is 5.11. The van der Waals surface area contributed by atoms with Gasteiger partial charge >= 0.3 is 0 Å². The van der Waals surface area contributed by atoms with E-state index in [1.54, 1.807) is 7.11 Å². The zero-order valence-electron chi connectivity index (χ0n) is 15.2. The molecular formula is C19H28ClN3O3. The molecule has 6 nitrogen and oxygen atoms in total. The fourth-order valence-corrected chi connectivity index (χ4v) is 3.55. The van der Waals surface area contributed by atoms with Crippen molar-refractivity contribution in [1.82, 2.24) is 15.5 Å². The van der Waals surface area contributed by atoms with Crippen LogP contribution in [0.15, 0.2) is 24.3 Å². The second kappa shape index (κ2) is 9.78. The Bertz CT molecular complexity index is 595. The number of amides is 2. The quantitative estimate of drug-likeness (QED) is 0.814. The van der Waals surface area contributed by atoms with Gasteiger partial charge in [0.15, 0.2) is 0 Å². The number of benzene rings is 1. The lowest BCUT2D eigenvalue weighted by Gasteiger charge is -2.33. The third-order valence-electron chi connectivity index (χ3n) is 5.16.